The van der Waals surface area contributed by atoms with Crippen molar-refractivity contribution in [3.63, 3.8) is 0 Å². The van der Waals surface area contributed by atoms with Crippen LogP contribution in [0.1, 0.15) is 22.7 Å². The summed E-state index contributed by atoms with van der Waals surface area (Å²) in [6, 6.07) is 25.8. The van der Waals surface area contributed by atoms with Crippen LogP contribution in [0.2, 0.25) is 0 Å². The van der Waals surface area contributed by atoms with Crippen LogP contribution in [0.4, 0.5) is 0 Å². The van der Waals surface area contributed by atoms with E-state index in [-0.39, 0.29) is 6.61 Å². The van der Waals surface area contributed by atoms with Gasteiger partial charge in [0.15, 0.2) is 0 Å². The predicted octanol–water partition coefficient (Wildman–Crippen LogP) is 4.01. The van der Waals surface area contributed by atoms with Gasteiger partial charge in [0.1, 0.15) is 25.0 Å². The van der Waals surface area contributed by atoms with Gasteiger partial charge in [0.25, 0.3) is 0 Å². The normalized spacial score (nSPS) is 11.6. The lowest BCUT2D eigenvalue weighted by molar-refractivity contribution is -0.146. The smallest absolute Gasteiger partial charge is 0.327 e. The first-order chi connectivity index (χ1) is 12.7. The van der Waals surface area contributed by atoms with Crippen LogP contribution in [-0.4, -0.2) is 5.97 Å². The summed E-state index contributed by atoms with van der Waals surface area (Å²) >= 11 is 0. The fourth-order valence-electron chi connectivity index (χ4n) is 2.47. The molecule has 1 atom stereocenters. The molecule has 0 aliphatic rings. The summed E-state index contributed by atoms with van der Waals surface area (Å²) in [7, 11) is 0. The van der Waals surface area contributed by atoms with E-state index in [2.05, 4.69) is 0 Å². The third kappa shape index (κ3) is 4.94. The van der Waals surface area contributed by atoms with E-state index in [0.717, 1.165) is 16.9 Å². The van der Waals surface area contributed by atoms with Crippen molar-refractivity contribution in [1.29, 1.82) is 0 Å². The maximum absolute atomic E-state index is 12.1. The van der Waals surface area contributed by atoms with E-state index in [0.29, 0.717) is 12.2 Å². The van der Waals surface area contributed by atoms with Crippen molar-refractivity contribution in [1.82, 2.24) is 0 Å². The molecule has 1 unspecified atom stereocenters. The highest BCUT2D eigenvalue weighted by atomic mass is 16.5. The predicted molar refractivity (Wildman–Crippen MR) is 100 cm³/mol. The minimum atomic E-state index is -0.818. The number of rotatable bonds is 7. The van der Waals surface area contributed by atoms with Crippen molar-refractivity contribution >= 4 is 5.97 Å². The summed E-state index contributed by atoms with van der Waals surface area (Å²) < 4.78 is 11.0. The first-order valence-electron chi connectivity index (χ1n) is 8.45. The Morgan fingerprint density at radius 2 is 1.31 bits per heavy atom. The zero-order valence-corrected chi connectivity index (χ0v) is 14.4. The van der Waals surface area contributed by atoms with Crippen LogP contribution in [0.5, 0.6) is 5.75 Å². The number of nitrogens with two attached hydrogens (primary N) is 1. The fourth-order valence-corrected chi connectivity index (χ4v) is 2.47. The van der Waals surface area contributed by atoms with Crippen molar-refractivity contribution in [3.8, 4) is 5.75 Å². The van der Waals surface area contributed by atoms with Crippen molar-refractivity contribution in [2.24, 2.45) is 5.73 Å². The highest BCUT2D eigenvalue weighted by molar-refractivity contribution is 5.77. The quantitative estimate of drug-likeness (QED) is 0.656. The molecule has 0 saturated heterocycles. The largest absolute Gasteiger partial charge is 0.489 e. The van der Waals surface area contributed by atoms with Gasteiger partial charge in [-0.25, -0.2) is 4.79 Å². The van der Waals surface area contributed by atoms with Gasteiger partial charge in [-0.15, -0.1) is 0 Å². The molecule has 0 aliphatic heterocycles. The number of carbonyl (C=O) groups excluding carboxylic acids is 1. The van der Waals surface area contributed by atoms with Crippen LogP contribution in [0.25, 0.3) is 0 Å². The van der Waals surface area contributed by atoms with Gasteiger partial charge in [-0.2, -0.15) is 0 Å². The molecule has 0 spiro atoms. The Hall–Kier alpha value is -3.11. The molecule has 3 aromatic carbocycles. The molecule has 0 heterocycles. The van der Waals surface area contributed by atoms with Crippen LogP contribution in [0, 0.1) is 0 Å². The molecular weight excluding hydrogens is 326 g/mol. The molecule has 0 aromatic heterocycles. The minimum absolute atomic E-state index is 0.214. The summed E-state index contributed by atoms with van der Waals surface area (Å²) in [5.41, 5.74) is 8.72. The van der Waals surface area contributed by atoms with Gasteiger partial charge in [-0.1, -0.05) is 72.8 Å². The van der Waals surface area contributed by atoms with Crippen LogP contribution in [0.3, 0.4) is 0 Å². The van der Waals surface area contributed by atoms with E-state index in [1.807, 2.05) is 72.8 Å². The van der Waals surface area contributed by atoms with Gasteiger partial charge in [-0.05, 0) is 28.8 Å². The Morgan fingerprint density at radius 3 is 1.88 bits per heavy atom. The molecule has 0 saturated carbocycles. The van der Waals surface area contributed by atoms with Crippen molar-refractivity contribution in [2.75, 3.05) is 0 Å². The first-order valence-corrected chi connectivity index (χ1v) is 8.45. The number of carbonyl (C=O) groups is 1. The Morgan fingerprint density at radius 1 is 0.769 bits per heavy atom. The molecule has 0 fully saturated rings. The molecule has 0 radical (unpaired) electrons. The maximum atomic E-state index is 12.1. The van der Waals surface area contributed by atoms with Crippen molar-refractivity contribution in [3.05, 3.63) is 102 Å². The Balaban J connectivity index is 1.52. The molecule has 4 nitrogen and oxygen atoms in total. The van der Waals surface area contributed by atoms with Gasteiger partial charge >= 0.3 is 5.97 Å². The molecule has 3 aromatic rings. The van der Waals surface area contributed by atoms with Crippen LogP contribution in [-0.2, 0) is 22.7 Å². The summed E-state index contributed by atoms with van der Waals surface area (Å²) in [6.45, 7) is 0.705. The second kappa shape index (κ2) is 8.83. The average Bonchev–Trinajstić information content (AvgIpc) is 2.72. The van der Waals surface area contributed by atoms with Crippen molar-refractivity contribution in [2.45, 2.75) is 19.3 Å². The second-order valence-corrected chi connectivity index (χ2v) is 5.91. The van der Waals surface area contributed by atoms with E-state index in [1.54, 1.807) is 12.1 Å². The zero-order valence-electron chi connectivity index (χ0n) is 14.4. The number of benzene rings is 3. The number of hydrogen-bond acceptors (Lipinski definition) is 4. The number of esters is 1. The Labute approximate surface area is 153 Å². The summed E-state index contributed by atoms with van der Waals surface area (Å²) in [6.07, 6.45) is 0. The summed E-state index contributed by atoms with van der Waals surface area (Å²) in [4.78, 5) is 12.1. The molecule has 0 bridgehead atoms. The van der Waals surface area contributed by atoms with Gasteiger partial charge in [0.2, 0.25) is 0 Å². The van der Waals surface area contributed by atoms with Gasteiger partial charge in [0.05, 0.1) is 0 Å². The number of ether oxygens (including phenoxy) is 2. The van der Waals surface area contributed by atoms with E-state index in [9.17, 15) is 4.79 Å². The SMILES string of the molecule is NC(C(=O)OCc1ccccc1)c1ccc(OCc2ccccc2)cc1. The molecule has 0 aliphatic carbocycles. The molecule has 0 amide bonds. The van der Waals surface area contributed by atoms with Gasteiger partial charge in [-0.3, -0.25) is 0 Å². The monoisotopic (exact) mass is 347 g/mol. The highest BCUT2D eigenvalue weighted by Crippen LogP contribution is 2.19. The van der Waals surface area contributed by atoms with E-state index >= 15 is 0 Å². The maximum Gasteiger partial charge on any atom is 0.327 e. The number of hydrogen-bond donors (Lipinski definition) is 1. The van der Waals surface area contributed by atoms with Crippen LogP contribution in [0.15, 0.2) is 84.9 Å². The highest BCUT2D eigenvalue weighted by Gasteiger charge is 2.17. The molecule has 26 heavy (non-hydrogen) atoms. The van der Waals surface area contributed by atoms with E-state index in [4.69, 9.17) is 15.2 Å². The zero-order chi connectivity index (χ0) is 18.2. The molecule has 132 valence electrons. The summed E-state index contributed by atoms with van der Waals surface area (Å²) in [5, 5.41) is 0. The lowest BCUT2D eigenvalue weighted by atomic mass is 10.1. The average molecular weight is 347 g/mol. The minimum Gasteiger partial charge on any atom is -0.489 e. The van der Waals surface area contributed by atoms with Gasteiger partial charge in [0, 0.05) is 0 Å². The second-order valence-electron chi connectivity index (χ2n) is 5.91. The Kier molecular flexibility index (Phi) is 6.01. The van der Waals surface area contributed by atoms with Gasteiger partial charge < -0.3 is 15.2 Å². The summed E-state index contributed by atoms with van der Waals surface area (Å²) in [5.74, 6) is 0.272. The lowest BCUT2D eigenvalue weighted by Crippen LogP contribution is -2.23. The third-order valence-corrected chi connectivity index (χ3v) is 3.97. The first kappa shape index (κ1) is 17.7. The van der Waals surface area contributed by atoms with E-state index in [1.165, 1.54) is 0 Å². The van der Waals surface area contributed by atoms with Crippen molar-refractivity contribution < 1.29 is 14.3 Å². The third-order valence-electron chi connectivity index (χ3n) is 3.97. The molecule has 4 heteroatoms. The van der Waals surface area contributed by atoms with Crippen LogP contribution < -0.4 is 10.5 Å². The standard InChI is InChI=1S/C22H21NO3/c23-21(22(24)26-16-18-9-5-2-6-10-18)19-11-13-20(14-12-19)25-15-17-7-3-1-4-8-17/h1-14,21H,15-16,23H2. The molecule has 2 N–H and O–H groups in total. The molecular formula is C22H21NO3. The van der Waals surface area contributed by atoms with E-state index < -0.39 is 12.0 Å². The Bertz CT molecular complexity index is 817. The topological polar surface area (TPSA) is 61.6 Å². The molecule has 3 rings (SSSR count). The fraction of sp³-hybridized carbons (Fsp3) is 0.136. The van der Waals surface area contributed by atoms with Crippen LogP contribution >= 0.6 is 0 Å². The lowest BCUT2D eigenvalue weighted by Gasteiger charge is -2.13.